The minimum atomic E-state index is -0.561. The van der Waals surface area contributed by atoms with Crippen LogP contribution in [0.2, 0.25) is 0 Å². The topological polar surface area (TPSA) is 65.2 Å². The minimum absolute atomic E-state index is 0.0396. The molecule has 2 heterocycles. The highest BCUT2D eigenvalue weighted by atomic mass is 16.2. The van der Waals surface area contributed by atoms with E-state index in [1.54, 1.807) is 6.92 Å². The van der Waals surface area contributed by atoms with Crippen molar-refractivity contribution in [1.29, 1.82) is 0 Å². The molecule has 156 valence electrons. The number of carbonyl (C=O) groups excluding carboxylic acids is 2. The van der Waals surface area contributed by atoms with Crippen molar-refractivity contribution in [1.82, 2.24) is 15.2 Å². The molecule has 4 aromatic rings. The summed E-state index contributed by atoms with van der Waals surface area (Å²) >= 11 is 0. The third-order valence-electron chi connectivity index (χ3n) is 6.17. The molecule has 3 aromatic carbocycles. The van der Waals surface area contributed by atoms with E-state index in [-0.39, 0.29) is 18.2 Å². The molecule has 31 heavy (non-hydrogen) atoms. The van der Waals surface area contributed by atoms with Gasteiger partial charge in [0, 0.05) is 41.7 Å². The molecule has 2 N–H and O–H groups in total. The number of para-hydroxylation sites is 1. The average molecular weight is 412 g/mol. The number of H-pyrrole nitrogens is 1. The van der Waals surface area contributed by atoms with Crippen LogP contribution in [0.5, 0.6) is 0 Å². The van der Waals surface area contributed by atoms with Crippen molar-refractivity contribution in [3.63, 3.8) is 0 Å². The highest BCUT2D eigenvalue weighted by molar-refractivity contribution is 5.93. The number of amides is 2. The smallest absolute Gasteiger partial charge is 0.245 e. The zero-order valence-electron chi connectivity index (χ0n) is 17.5. The number of aromatic nitrogens is 1. The van der Waals surface area contributed by atoms with Gasteiger partial charge in [-0.25, -0.2) is 0 Å². The van der Waals surface area contributed by atoms with Crippen LogP contribution in [0.15, 0.2) is 66.7 Å². The standard InChI is InChI=1S/C26H25N3O2/c1-17(27-25(30)15-19-9-6-8-18-7-2-3-10-20(18)19)26(31)29-14-13-24-22(16-29)21-11-4-5-12-23(21)28-24/h2-12,17,28H,13-16H2,1H3,(H,27,30)/t17-/m0/s1. The maximum absolute atomic E-state index is 13.1. The lowest BCUT2D eigenvalue weighted by molar-refractivity contribution is -0.136. The number of rotatable bonds is 4. The molecule has 0 fully saturated rings. The Morgan fingerprint density at radius 3 is 2.61 bits per heavy atom. The second-order valence-corrected chi connectivity index (χ2v) is 8.24. The Morgan fingerprint density at radius 1 is 1.00 bits per heavy atom. The van der Waals surface area contributed by atoms with Gasteiger partial charge in [-0.2, -0.15) is 0 Å². The van der Waals surface area contributed by atoms with Crippen molar-refractivity contribution in [2.24, 2.45) is 0 Å². The molecule has 0 saturated carbocycles. The number of benzene rings is 3. The Kier molecular flexibility index (Phi) is 4.94. The molecule has 0 unspecified atom stereocenters. The predicted octanol–water partition coefficient (Wildman–Crippen LogP) is 3.95. The fourth-order valence-corrected chi connectivity index (χ4v) is 4.60. The fourth-order valence-electron chi connectivity index (χ4n) is 4.60. The van der Waals surface area contributed by atoms with E-state index in [0.717, 1.165) is 28.3 Å². The zero-order valence-corrected chi connectivity index (χ0v) is 17.5. The fraction of sp³-hybridized carbons (Fsp3) is 0.231. The first-order valence-electron chi connectivity index (χ1n) is 10.7. The van der Waals surface area contributed by atoms with Gasteiger partial charge in [0.2, 0.25) is 11.8 Å². The lowest BCUT2D eigenvalue weighted by atomic mass is 10.0. The van der Waals surface area contributed by atoms with Crippen LogP contribution in [0.1, 0.15) is 23.7 Å². The highest BCUT2D eigenvalue weighted by Crippen LogP contribution is 2.27. The van der Waals surface area contributed by atoms with Gasteiger partial charge in [0.1, 0.15) is 6.04 Å². The second kappa shape index (κ2) is 7.91. The second-order valence-electron chi connectivity index (χ2n) is 8.24. The summed E-state index contributed by atoms with van der Waals surface area (Å²) in [4.78, 5) is 31.1. The van der Waals surface area contributed by atoms with Crippen LogP contribution in [-0.2, 0) is 29.0 Å². The van der Waals surface area contributed by atoms with E-state index in [0.29, 0.717) is 13.1 Å². The largest absolute Gasteiger partial charge is 0.358 e. The number of fused-ring (bicyclic) bond motifs is 4. The van der Waals surface area contributed by atoms with E-state index in [9.17, 15) is 9.59 Å². The third-order valence-corrected chi connectivity index (χ3v) is 6.17. The molecule has 5 nitrogen and oxygen atoms in total. The molecule has 1 aliphatic rings. The van der Waals surface area contributed by atoms with Crippen LogP contribution in [0, 0.1) is 0 Å². The highest BCUT2D eigenvalue weighted by Gasteiger charge is 2.27. The quantitative estimate of drug-likeness (QED) is 0.534. The molecule has 1 aromatic heterocycles. The van der Waals surface area contributed by atoms with Gasteiger partial charge in [0.05, 0.1) is 6.42 Å². The van der Waals surface area contributed by atoms with Gasteiger partial charge >= 0.3 is 0 Å². The van der Waals surface area contributed by atoms with Gasteiger partial charge in [-0.3, -0.25) is 9.59 Å². The summed E-state index contributed by atoms with van der Waals surface area (Å²) < 4.78 is 0. The predicted molar refractivity (Wildman–Crippen MR) is 123 cm³/mol. The van der Waals surface area contributed by atoms with Crippen LogP contribution >= 0.6 is 0 Å². The van der Waals surface area contributed by atoms with Gasteiger partial charge in [-0.05, 0) is 29.3 Å². The van der Waals surface area contributed by atoms with Crippen molar-refractivity contribution in [2.75, 3.05) is 6.54 Å². The lowest BCUT2D eigenvalue weighted by Crippen LogP contribution is -2.48. The lowest BCUT2D eigenvalue weighted by Gasteiger charge is -2.30. The first kappa shape index (κ1) is 19.4. The van der Waals surface area contributed by atoms with Crippen molar-refractivity contribution in [3.8, 4) is 0 Å². The van der Waals surface area contributed by atoms with E-state index in [1.165, 1.54) is 16.6 Å². The van der Waals surface area contributed by atoms with Crippen LogP contribution in [-0.4, -0.2) is 34.3 Å². The van der Waals surface area contributed by atoms with Crippen LogP contribution in [0.25, 0.3) is 21.7 Å². The average Bonchev–Trinajstić information content (AvgIpc) is 3.16. The number of hydrogen-bond donors (Lipinski definition) is 2. The Labute approximate surface area is 181 Å². The molecule has 5 rings (SSSR count). The van der Waals surface area contributed by atoms with Gasteiger partial charge in [-0.15, -0.1) is 0 Å². The first-order valence-corrected chi connectivity index (χ1v) is 10.7. The number of nitrogens with zero attached hydrogens (tertiary/aromatic N) is 1. The molecule has 1 aliphatic heterocycles. The molecular formula is C26H25N3O2. The normalized spacial score (nSPS) is 14.4. The summed E-state index contributed by atoms with van der Waals surface area (Å²) in [7, 11) is 0. The van der Waals surface area contributed by atoms with E-state index in [2.05, 4.69) is 22.4 Å². The molecule has 2 amide bonds. The van der Waals surface area contributed by atoms with Crippen LogP contribution in [0.3, 0.4) is 0 Å². The van der Waals surface area contributed by atoms with Crippen molar-refractivity contribution >= 4 is 33.5 Å². The Bertz CT molecular complexity index is 1290. The molecule has 0 spiro atoms. The van der Waals surface area contributed by atoms with E-state index < -0.39 is 6.04 Å². The van der Waals surface area contributed by atoms with Crippen molar-refractivity contribution in [3.05, 3.63) is 83.6 Å². The van der Waals surface area contributed by atoms with E-state index in [1.807, 2.05) is 59.5 Å². The zero-order chi connectivity index (χ0) is 21.4. The summed E-state index contributed by atoms with van der Waals surface area (Å²) in [5.41, 5.74) is 4.47. The maximum Gasteiger partial charge on any atom is 0.245 e. The van der Waals surface area contributed by atoms with E-state index in [4.69, 9.17) is 0 Å². The summed E-state index contributed by atoms with van der Waals surface area (Å²) in [5, 5.41) is 6.26. The number of nitrogens with one attached hydrogen (secondary N) is 2. The van der Waals surface area contributed by atoms with Crippen molar-refractivity contribution in [2.45, 2.75) is 32.4 Å². The van der Waals surface area contributed by atoms with Crippen molar-refractivity contribution < 1.29 is 9.59 Å². The number of hydrogen-bond acceptors (Lipinski definition) is 2. The minimum Gasteiger partial charge on any atom is -0.358 e. The molecule has 0 saturated heterocycles. The SMILES string of the molecule is C[C@H](NC(=O)Cc1cccc2ccccc12)C(=O)N1CCc2[nH]c3ccccc3c2C1. The molecule has 5 heteroatoms. The monoisotopic (exact) mass is 411 g/mol. The Morgan fingerprint density at radius 2 is 1.74 bits per heavy atom. The number of aromatic amines is 1. The first-order chi connectivity index (χ1) is 15.1. The molecule has 0 radical (unpaired) electrons. The Hall–Kier alpha value is -3.60. The molecule has 0 bridgehead atoms. The Balaban J connectivity index is 1.26. The van der Waals surface area contributed by atoms with Gasteiger partial charge < -0.3 is 15.2 Å². The number of carbonyl (C=O) groups is 2. The summed E-state index contributed by atoms with van der Waals surface area (Å²) in [5.74, 6) is -0.177. The molecular weight excluding hydrogens is 386 g/mol. The van der Waals surface area contributed by atoms with E-state index >= 15 is 0 Å². The maximum atomic E-state index is 13.1. The van der Waals surface area contributed by atoms with Crippen LogP contribution < -0.4 is 5.32 Å². The molecule has 1 atom stereocenters. The van der Waals surface area contributed by atoms with Crippen LogP contribution in [0.4, 0.5) is 0 Å². The summed E-state index contributed by atoms with van der Waals surface area (Å²) in [6, 6.07) is 21.6. The summed E-state index contributed by atoms with van der Waals surface area (Å²) in [6.07, 6.45) is 1.05. The van der Waals surface area contributed by atoms with Gasteiger partial charge in [-0.1, -0.05) is 60.7 Å². The van der Waals surface area contributed by atoms with Gasteiger partial charge in [0.15, 0.2) is 0 Å². The van der Waals surface area contributed by atoms with Gasteiger partial charge in [0.25, 0.3) is 0 Å². The third kappa shape index (κ3) is 3.67. The summed E-state index contributed by atoms with van der Waals surface area (Å²) in [6.45, 7) is 3.00. The molecule has 0 aliphatic carbocycles.